The summed E-state index contributed by atoms with van der Waals surface area (Å²) < 4.78 is 39.0. The molecular formula is C26H56BF4P. The van der Waals surface area contributed by atoms with Crippen molar-refractivity contribution in [2.75, 3.05) is 24.6 Å². The molecule has 0 bridgehead atoms. The summed E-state index contributed by atoms with van der Waals surface area (Å²) in [6.45, 7) is 9.47. The monoisotopic (exact) mass is 486 g/mol. The summed E-state index contributed by atoms with van der Waals surface area (Å²) in [6.07, 6.45) is 33.0. The maximum atomic E-state index is 9.75. The zero-order valence-corrected chi connectivity index (χ0v) is 23.0. The molecule has 0 aliphatic heterocycles. The molecule has 0 aliphatic carbocycles. The summed E-state index contributed by atoms with van der Waals surface area (Å²) in [6, 6.07) is 0. The summed E-state index contributed by atoms with van der Waals surface area (Å²) in [5.74, 6) is 0. The van der Waals surface area contributed by atoms with Crippen molar-refractivity contribution in [3.05, 3.63) is 0 Å². The second-order valence-corrected chi connectivity index (χ2v) is 14.2. The topological polar surface area (TPSA) is 0 Å². The highest BCUT2D eigenvalue weighted by Gasteiger charge is 2.34. The van der Waals surface area contributed by atoms with Crippen LogP contribution in [-0.4, -0.2) is 31.9 Å². The number of unbranched alkanes of at least 4 members (excludes halogenated alkanes) is 14. The average molecular weight is 487 g/mol. The van der Waals surface area contributed by atoms with Gasteiger partial charge in [-0.25, -0.2) is 0 Å². The molecule has 0 aromatic heterocycles. The zero-order chi connectivity index (χ0) is 24.6. The quantitative estimate of drug-likeness (QED) is 0.0618. The van der Waals surface area contributed by atoms with E-state index in [-0.39, 0.29) is 0 Å². The zero-order valence-electron chi connectivity index (χ0n) is 22.1. The molecule has 0 aromatic carbocycles. The SMILES string of the molecule is CCCCCCCCCCCCCC[P+](CCCC)(CCCC)CCCC.F[B-](F)(F)F. The third kappa shape index (κ3) is 28.2. The van der Waals surface area contributed by atoms with Crippen molar-refractivity contribution in [2.24, 2.45) is 0 Å². The smallest absolute Gasteiger partial charge is 0.418 e. The minimum atomic E-state index is -6.00. The Balaban J connectivity index is 0. The molecule has 0 aromatic rings. The molecule has 32 heavy (non-hydrogen) atoms. The first-order chi connectivity index (χ1) is 15.2. The molecular weight excluding hydrogens is 430 g/mol. The van der Waals surface area contributed by atoms with E-state index in [4.69, 9.17) is 0 Å². The van der Waals surface area contributed by atoms with Crippen LogP contribution in [0.25, 0.3) is 0 Å². The summed E-state index contributed by atoms with van der Waals surface area (Å²) >= 11 is 0. The summed E-state index contributed by atoms with van der Waals surface area (Å²) in [7, 11) is -6.63. The fourth-order valence-corrected chi connectivity index (χ4v) is 9.64. The van der Waals surface area contributed by atoms with Crippen molar-refractivity contribution in [3.8, 4) is 0 Å². The van der Waals surface area contributed by atoms with Crippen LogP contribution in [0.1, 0.15) is 143 Å². The van der Waals surface area contributed by atoms with Crippen molar-refractivity contribution in [2.45, 2.75) is 143 Å². The highest BCUT2D eigenvalue weighted by molar-refractivity contribution is 7.75. The molecule has 0 fully saturated rings. The normalized spacial score (nSPS) is 12.0. The van der Waals surface area contributed by atoms with Gasteiger partial charge >= 0.3 is 7.25 Å². The van der Waals surface area contributed by atoms with Gasteiger partial charge in [0.1, 0.15) is 0 Å². The van der Waals surface area contributed by atoms with E-state index in [0.717, 1.165) is 0 Å². The van der Waals surface area contributed by atoms with E-state index in [9.17, 15) is 17.3 Å². The molecule has 0 saturated carbocycles. The van der Waals surface area contributed by atoms with Gasteiger partial charge < -0.3 is 17.3 Å². The van der Waals surface area contributed by atoms with E-state index < -0.39 is 14.5 Å². The van der Waals surface area contributed by atoms with Gasteiger partial charge in [-0.15, -0.1) is 0 Å². The highest BCUT2D eigenvalue weighted by atomic mass is 31.2. The Morgan fingerprint density at radius 1 is 0.375 bits per heavy atom. The van der Waals surface area contributed by atoms with Crippen LogP contribution in [0.4, 0.5) is 17.3 Å². The van der Waals surface area contributed by atoms with Gasteiger partial charge in [-0.05, 0) is 32.1 Å². The molecule has 0 N–H and O–H groups in total. The Labute approximate surface area is 199 Å². The minimum Gasteiger partial charge on any atom is -0.418 e. The lowest BCUT2D eigenvalue weighted by Gasteiger charge is -2.28. The Morgan fingerprint density at radius 2 is 0.594 bits per heavy atom. The number of rotatable bonds is 22. The van der Waals surface area contributed by atoms with Gasteiger partial charge in [0.15, 0.2) is 0 Å². The third-order valence-corrected chi connectivity index (χ3v) is 11.5. The maximum Gasteiger partial charge on any atom is 0.673 e. The van der Waals surface area contributed by atoms with Crippen LogP contribution in [0.2, 0.25) is 0 Å². The van der Waals surface area contributed by atoms with Crippen LogP contribution in [0.5, 0.6) is 0 Å². The summed E-state index contributed by atoms with van der Waals surface area (Å²) in [5, 5.41) is 0. The maximum absolute atomic E-state index is 9.75. The first-order valence-corrected chi connectivity index (χ1v) is 16.5. The fraction of sp³-hybridized carbons (Fsp3) is 1.00. The van der Waals surface area contributed by atoms with Crippen molar-refractivity contribution >= 4 is 14.5 Å². The molecule has 0 saturated heterocycles. The highest BCUT2D eigenvalue weighted by Crippen LogP contribution is 2.61. The van der Waals surface area contributed by atoms with Gasteiger partial charge in [0.05, 0.1) is 24.6 Å². The van der Waals surface area contributed by atoms with Gasteiger partial charge in [0, 0.05) is 7.26 Å². The standard InChI is InChI=1S/C26H56P.BF4/c1-5-9-13-14-15-16-17-18-19-20-21-22-26-27(23-10-6-2,24-11-7-3)25-12-8-4;2-1(3,4)5/h5-26H2,1-4H3;/q+1;-1. The van der Waals surface area contributed by atoms with Crippen molar-refractivity contribution in [3.63, 3.8) is 0 Å². The van der Waals surface area contributed by atoms with Crippen LogP contribution in [0.3, 0.4) is 0 Å². The van der Waals surface area contributed by atoms with E-state index in [2.05, 4.69) is 27.7 Å². The van der Waals surface area contributed by atoms with Crippen LogP contribution >= 0.6 is 7.26 Å². The van der Waals surface area contributed by atoms with Gasteiger partial charge in [0.25, 0.3) is 0 Å². The van der Waals surface area contributed by atoms with E-state index in [1.54, 1.807) is 31.1 Å². The molecule has 0 rings (SSSR count). The van der Waals surface area contributed by atoms with Crippen LogP contribution < -0.4 is 0 Å². The first-order valence-electron chi connectivity index (χ1n) is 14.0. The van der Waals surface area contributed by atoms with Gasteiger partial charge in [-0.3, -0.25) is 0 Å². The number of hydrogen-bond donors (Lipinski definition) is 0. The second kappa shape index (κ2) is 24.3. The average Bonchev–Trinajstić information content (AvgIpc) is 2.74. The van der Waals surface area contributed by atoms with Gasteiger partial charge in [-0.2, -0.15) is 0 Å². The Hall–Kier alpha value is 0.215. The van der Waals surface area contributed by atoms with Crippen molar-refractivity contribution in [1.82, 2.24) is 0 Å². The predicted molar refractivity (Wildman–Crippen MR) is 142 cm³/mol. The van der Waals surface area contributed by atoms with Crippen LogP contribution in [0.15, 0.2) is 0 Å². The van der Waals surface area contributed by atoms with Crippen molar-refractivity contribution < 1.29 is 17.3 Å². The van der Waals surface area contributed by atoms with Crippen LogP contribution in [0, 0.1) is 0 Å². The lowest BCUT2D eigenvalue weighted by molar-refractivity contribution is 0.368. The van der Waals surface area contributed by atoms with Crippen molar-refractivity contribution in [1.29, 1.82) is 0 Å². The molecule has 196 valence electrons. The molecule has 0 radical (unpaired) electrons. The minimum absolute atomic E-state index is 0.626. The molecule has 0 atom stereocenters. The molecule has 0 heterocycles. The van der Waals surface area contributed by atoms with Crippen LogP contribution in [-0.2, 0) is 0 Å². The lowest BCUT2D eigenvalue weighted by atomic mass is 10.1. The van der Waals surface area contributed by atoms with E-state index in [0.29, 0.717) is 0 Å². The molecule has 0 spiro atoms. The van der Waals surface area contributed by atoms with E-state index >= 15 is 0 Å². The lowest BCUT2D eigenvalue weighted by Crippen LogP contribution is -2.13. The molecule has 6 heteroatoms. The second-order valence-electron chi connectivity index (χ2n) is 9.68. The summed E-state index contributed by atoms with van der Waals surface area (Å²) in [4.78, 5) is 0. The van der Waals surface area contributed by atoms with Gasteiger partial charge in [-0.1, -0.05) is 111 Å². The Morgan fingerprint density at radius 3 is 0.875 bits per heavy atom. The number of halogens is 4. The first kappa shape index (κ1) is 34.4. The summed E-state index contributed by atoms with van der Waals surface area (Å²) in [5.41, 5.74) is 0. The number of hydrogen-bond acceptors (Lipinski definition) is 0. The predicted octanol–water partition coefficient (Wildman–Crippen LogP) is 11.4. The van der Waals surface area contributed by atoms with E-state index in [1.165, 1.54) is 109 Å². The Kier molecular flexibility index (Phi) is 26.2. The third-order valence-electron chi connectivity index (χ3n) is 6.44. The fourth-order valence-electron chi connectivity index (χ4n) is 4.44. The molecule has 0 amide bonds. The molecule has 0 unspecified atom stereocenters. The molecule has 0 nitrogen and oxygen atoms in total. The van der Waals surface area contributed by atoms with E-state index in [1.807, 2.05) is 0 Å². The Bertz CT molecular complexity index is 336. The largest absolute Gasteiger partial charge is 0.673 e. The molecule has 0 aliphatic rings. The van der Waals surface area contributed by atoms with Gasteiger partial charge in [0.2, 0.25) is 0 Å².